The molecular weight excluding hydrogens is 510 g/mol. The predicted molar refractivity (Wildman–Crippen MR) is 121 cm³/mol. The van der Waals surface area contributed by atoms with E-state index < -0.39 is 6.03 Å². The van der Waals surface area contributed by atoms with Gasteiger partial charge in [0.05, 0.1) is 5.52 Å². The number of fused-ring (bicyclic) bond motifs is 1. The Balaban J connectivity index is 1.98. The molecule has 156 valence electrons. The molecule has 3 rings (SSSR count). The number of hydrogen-bond acceptors (Lipinski definition) is 5. The Bertz CT molecular complexity index is 949. The number of anilines is 1. The van der Waals surface area contributed by atoms with Crippen molar-refractivity contribution in [2.75, 3.05) is 18.5 Å². The number of allylic oxidation sites excluding steroid dienone is 2. The molecule has 0 radical (unpaired) electrons. The lowest BCUT2D eigenvalue weighted by molar-refractivity contribution is -0.107. The fourth-order valence-electron chi connectivity index (χ4n) is 3.62. The van der Waals surface area contributed by atoms with Gasteiger partial charge in [0.15, 0.2) is 5.82 Å². The number of rotatable bonds is 7. The highest BCUT2D eigenvalue weighted by molar-refractivity contribution is 14.2. The zero-order chi connectivity index (χ0) is 21.0. The van der Waals surface area contributed by atoms with Crippen LogP contribution in [-0.2, 0) is 16.0 Å². The van der Waals surface area contributed by atoms with Crippen LogP contribution in [0.25, 0.3) is 10.9 Å². The number of benzene rings is 1. The zero-order valence-corrected chi connectivity index (χ0v) is 19.1. The molecule has 0 spiro atoms. The van der Waals surface area contributed by atoms with Gasteiger partial charge in [-0.25, -0.2) is 9.18 Å². The SMILES string of the molecule is CNC(=O)N(CCC=O)c1nn(C)c2cc(C3CC=C(OSI)CC3)c(F)cc12. The molecule has 1 heterocycles. The van der Waals surface area contributed by atoms with E-state index in [4.69, 9.17) is 4.18 Å². The van der Waals surface area contributed by atoms with E-state index in [0.29, 0.717) is 23.2 Å². The second kappa shape index (κ2) is 9.79. The van der Waals surface area contributed by atoms with E-state index in [1.165, 1.54) is 27.2 Å². The maximum atomic E-state index is 15.1. The Morgan fingerprint density at radius 3 is 2.97 bits per heavy atom. The molecule has 2 amide bonds. The number of hydrogen-bond donors (Lipinski definition) is 1. The van der Waals surface area contributed by atoms with Crippen LogP contribution in [0, 0.1) is 5.82 Å². The monoisotopic (exact) mass is 532 g/mol. The number of aryl methyl sites for hydroxylation is 1. The van der Waals surface area contributed by atoms with Gasteiger partial charge in [-0.15, -0.1) is 0 Å². The molecule has 1 atom stereocenters. The topological polar surface area (TPSA) is 76.5 Å². The molecule has 1 aromatic carbocycles. The van der Waals surface area contributed by atoms with E-state index in [2.05, 4.69) is 31.6 Å². The minimum Gasteiger partial charge on any atom is -0.420 e. The molecule has 0 bridgehead atoms. The van der Waals surface area contributed by atoms with Gasteiger partial charge in [-0.1, -0.05) is 0 Å². The van der Waals surface area contributed by atoms with Crippen molar-refractivity contribution in [2.45, 2.75) is 31.6 Å². The number of halogens is 2. The predicted octanol–water partition coefficient (Wildman–Crippen LogP) is 4.61. The average Bonchev–Trinajstić information content (AvgIpc) is 3.03. The van der Waals surface area contributed by atoms with Crippen LogP contribution in [-0.4, -0.2) is 35.7 Å². The number of aldehydes is 1. The van der Waals surface area contributed by atoms with E-state index in [1.807, 2.05) is 12.1 Å². The molecule has 1 aromatic heterocycles. The minimum absolute atomic E-state index is 0.0643. The lowest BCUT2D eigenvalue weighted by Gasteiger charge is -2.22. The molecule has 0 fully saturated rings. The molecule has 2 aromatic rings. The Hall–Kier alpha value is -1.82. The van der Waals surface area contributed by atoms with Gasteiger partial charge in [-0.05, 0) is 42.5 Å². The number of urea groups is 1. The average molecular weight is 532 g/mol. The quantitative estimate of drug-likeness (QED) is 0.320. The van der Waals surface area contributed by atoms with Crippen LogP contribution in [0.3, 0.4) is 0 Å². The fraction of sp³-hybridized carbons (Fsp3) is 0.421. The standard InChI is InChI=1S/C19H22FIN4O3S/c1-22-19(27)25(8-3-9-26)18-15-10-16(20)14(11-17(15)24(2)23-18)12-4-6-13(7-5-12)28-29-21/h6,9-12H,3-5,7-8H2,1-2H3,(H,22,27). The van der Waals surface area contributed by atoms with Crippen molar-refractivity contribution in [3.8, 4) is 0 Å². The van der Waals surface area contributed by atoms with Gasteiger partial charge in [0.2, 0.25) is 0 Å². The Labute approximate surface area is 184 Å². The van der Waals surface area contributed by atoms with Gasteiger partial charge in [0.1, 0.15) is 27.1 Å². The molecule has 1 N–H and O–H groups in total. The number of amides is 2. The maximum Gasteiger partial charge on any atom is 0.322 e. The molecule has 1 aliphatic carbocycles. The molecule has 1 unspecified atom stereocenters. The molecule has 29 heavy (non-hydrogen) atoms. The van der Waals surface area contributed by atoms with Gasteiger partial charge in [0, 0.05) is 60.1 Å². The molecular formula is C19H22FIN4O3S. The minimum atomic E-state index is -0.394. The van der Waals surface area contributed by atoms with Crippen LogP contribution in [0.4, 0.5) is 15.0 Å². The first kappa shape index (κ1) is 21.9. The van der Waals surface area contributed by atoms with Crippen molar-refractivity contribution in [2.24, 2.45) is 7.05 Å². The number of nitrogens with zero attached hydrogens (tertiary/aromatic N) is 3. The summed E-state index contributed by atoms with van der Waals surface area (Å²) in [6.07, 6.45) is 5.21. The summed E-state index contributed by atoms with van der Waals surface area (Å²) in [4.78, 5) is 24.5. The van der Waals surface area contributed by atoms with Gasteiger partial charge >= 0.3 is 6.03 Å². The molecule has 7 nitrogen and oxygen atoms in total. The molecule has 10 heteroatoms. The Kier molecular flexibility index (Phi) is 7.38. The van der Waals surface area contributed by atoms with Crippen molar-refractivity contribution in [1.82, 2.24) is 15.1 Å². The highest BCUT2D eigenvalue weighted by Gasteiger charge is 2.25. The number of carbonyl (C=O) groups is 2. The first-order valence-electron chi connectivity index (χ1n) is 9.23. The summed E-state index contributed by atoms with van der Waals surface area (Å²) in [5, 5.41) is 7.53. The van der Waals surface area contributed by atoms with E-state index in [1.54, 1.807) is 11.7 Å². The first-order valence-corrected chi connectivity index (χ1v) is 12.5. The lowest BCUT2D eigenvalue weighted by atomic mass is 9.86. The van der Waals surface area contributed by atoms with Crippen molar-refractivity contribution in [3.05, 3.63) is 35.3 Å². The highest BCUT2D eigenvalue weighted by atomic mass is 127. The number of carbonyl (C=O) groups excluding carboxylic acids is 2. The summed E-state index contributed by atoms with van der Waals surface area (Å²) >= 11 is 2.08. The van der Waals surface area contributed by atoms with Crippen LogP contribution in [0.5, 0.6) is 0 Å². The van der Waals surface area contributed by atoms with E-state index in [0.717, 1.165) is 30.4 Å². The summed E-state index contributed by atoms with van der Waals surface area (Å²) in [6.45, 7) is 0.170. The first-order chi connectivity index (χ1) is 14.0. The summed E-state index contributed by atoms with van der Waals surface area (Å²) in [5.41, 5.74) is 1.38. The van der Waals surface area contributed by atoms with Gasteiger partial charge < -0.3 is 14.3 Å². The van der Waals surface area contributed by atoms with E-state index >= 15 is 4.39 Å². The van der Waals surface area contributed by atoms with Crippen LogP contribution in [0.1, 0.15) is 37.2 Å². The smallest absolute Gasteiger partial charge is 0.322 e. The van der Waals surface area contributed by atoms with Crippen LogP contribution < -0.4 is 10.2 Å². The third kappa shape index (κ3) is 4.68. The van der Waals surface area contributed by atoms with Gasteiger partial charge in [0.25, 0.3) is 0 Å². The molecule has 0 saturated carbocycles. The summed E-state index contributed by atoms with van der Waals surface area (Å²) in [6, 6.07) is 2.87. The third-order valence-electron chi connectivity index (χ3n) is 5.08. The van der Waals surface area contributed by atoms with E-state index in [-0.39, 0.29) is 24.7 Å². The molecule has 0 saturated heterocycles. The third-order valence-corrected chi connectivity index (χ3v) is 5.90. The van der Waals surface area contributed by atoms with Gasteiger partial charge in [-0.2, -0.15) is 5.10 Å². The summed E-state index contributed by atoms with van der Waals surface area (Å²) in [5.74, 6) is 1.02. The number of aromatic nitrogens is 2. The molecule has 0 aliphatic heterocycles. The number of nitrogens with one attached hydrogen (secondary N) is 1. The van der Waals surface area contributed by atoms with Crippen molar-refractivity contribution in [3.63, 3.8) is 0 Å². The van der Waals surface area contributed by atoms with Gasteiger partial charge in [-0.3, -0.25) is 9.58 Å². The second-order valence-electron chi connectivity index (χ2n) is 6.79. The fourth-order valence-corrected chi connectivity index (χ4v) is 4.54. The molecule has 1 aliphatic rings. The van der Waals surface area contributed by atoms with Crippen molar-refractivity contribution in [1.29, 1.82) is 0 Å². The van der Waals surface area contributed by atoms with Crippen LogP contribution >= 0.6 is 30.4 Å². The van der Waals surface area contributed by atoms with Crippen molar-refractivity contribution < 1.29 is 18.2 Å². The second-order valence-corrected chi connectivity index (χ2v) is 8.16. The van der Waals surface area contributed by atoms with Crippen LogP contribution in [0.15, 0.2) is 24.0 Å². The highest BCUT2D eigenvalue weighted by Crippen LogP contribution is 2.38. The van der Waals surface area contributed by atoms with E-state index in [9.17, 15) is 9.59 Å². The summed E-state index contributed by atoms with van der Waals surface area (Å²) in [7, 11) is 4.55. The Morgan fingerprint density at radius 1 is 1.55 bits per heavy atom. The lowest BCUT2D eigenvalue weighted by Crippen LogP contribution is -2.39. The zero-order valence-electron chi connectivity index (χ0n) is 16.2. The normalized spacial score (nSPS) is 16.4. The van der Waals surface area contributed by atoms with Crippen molar-refractivity contribution >= 4 is 59.5 Å². The Morgan fingerprint density at radius 2 is 2.34 bits per heavy atom. The van der Waals surface area contributed by atoms with Crippen LogP contribution in [0.2, 0.25) is 0 Å². The maximum absolute atomic E-state index is 15.1. The largest absolute Gasteiger partial charge is 0.420 e. The summed E-state index contributed by atoms with van der Waals surface area (Å²) < 4.78 is 22.2.